The minimum Gasteiger partial charge on any atom is -0.394 e. The Balaban J connectivity index is 1.95. The highest BCUT2D eigenvalue weighted by Gasteiger charge is 2.14. The number of carbonyl (C=O) groups is 1. The minimum absolute atomic E-state index is 0.0578. The number of amides is 2. The van der Waals surface area contributed by atoms with Crippen molar-refractivity contribution in [3.63, 3.8) is 0 Å². The molecule has 0 radical (unpaired) electrons. The molecule has 5 nitrogen and oxygen atoms in total. The Morgan fingerprint density at radius 1 is 1.12 bits per heavy atom. The van der Waals surface area contributed by atoms with E-state index < -0.39 is 0 Å². The Morgan fingerprint density at radius 3 is 2.50 bits per heavy atom. The van der Waals surface area contributed by atoms with Gasteiger partial charge in [-0.25, -0.2) is 4.79 Å². The summed E-state index contributed by atoms with van der Waals surface area (Å²) in [6.07, 6.45) is -0.305. The molecular formula is C19H24N2O3. The number of aliphatic hydroxyl groups excluding tert-OH is 1. The Bertz CT molecular complexity index is 656. The summed E-state index contributed by atoms with van der Waals surface area (Å²) in [6, 6.07) is 15.3. The van der Waals surface area contributed by atoms with E-state index in [4.69, 9.17) is 9.84 Å². The quantitative estimate of drug-likeness (QED) is 0.731. The number of hydrogen-bond acceptors (Lipinski definition) is 3. The fourth-order valence-corrected chi connectivity index (χ4v) is 2.31. The van der Waals surface area contributed by atoms with Crippen LogP contribution in [0.4, 0.5) is 10.5 Å². The molecule has 0 aliphatic carbocycles. The van der Waals surface area contributed by atoms with E-state index in [1.165, 1.54) is 0 Å². The first-order chi connectivity index (χ1) is 11.6. The Hall–Kier alpha value is -2.37. The third kappa shape index (κ3) is 5.37. The lowest BCUT2D eigenvalue weighted by Gasteiger charge is -2.19. The molecule has 0 saturated carbocycles. The van der Waals surface area contributed by atoms with Crippen LogP contribution >= 0.6 is 0 Å². The molecule has 0 bridgehead atoms. The van der Waals surface area contributed by atoms with Gasteiger partial charge >= 0.3 is 6.03 Å². The van der Waals surface area contributed by atoms with Crippen LogP contribution in [-0.4, -0.2) is 30.9 Å². The fraction of sp³-hybridized carbons (Fsp3) is 0.316. The normalized spacial score (nSPS) is 11.8. The summed E-state index contributed by atoms with van der Waals surface area (Å²) in [7, 11) is 0. The van der Waals surface area contributed by atoms with Crippen molar-refractivity contribution in [2.75, 3.05) is 25.1 Å². The highest BCUT2D eigenvalue weighted by atomic mass is 16.5. The third-order valence-electron chi connectivity index (χ3n) is 3.70. The van der Waals surface area contributed by atoms with Crippen LogP contribution in [0.15, 0.2) is 48.5 Å². The first-order valence-electron chi connectivity index (χ1n) is 7.99. The molecular weight excluding hydrogens is 304 g/mol. The van der Waals surface area contributed by atoms with Crippen LogP contribution in [0.25, 0.3) is 0 Å². The molecule has 3 N–H and O–H groups in total. The molecule has 0 spiro atoms. The van der Waals surface area contributed by atoms with Gasteiger partial charge in [0, 0.05) is 12.2 Å². The molecule has 2 amide bonds. The van der Waals surface area contributed by atoms with Crippen molar-refractivity contribution in [3.05, 3.63) is 65.2 Å². The number of carbonyl (C=O) groups excluding carboxylic acids is 1. The molecule has 0 aliphatic rings. The number of benzene rings is 2. The molecule has 2 rings (SSSR count). The third-order valence-corrected chi connectivity index (χ3v) is 3.70. The van der Waals surface area contributed by atoms with E-state index >= 15 is 0 Å². The maximum Gasteiger partial charge on any atom is 0.319 e. The summed E-state index contributed by atoms with van der Waals surface area (Å²) in [5.41, 5.74) is 3.90. The van der Waals surface area contributed by atoms with Crippen LogP contribution in [0.2, 0.25) is 0 Å². The molecule has 24 heavy (non-hydrogen) atoms. The van der Waals surface area contributed by atoms with Gasteiger partial charge in [-0.05, 0) is 31.0 Å². The summed E-state index contributed by atoms with van der Waals surface area (Å²) in [4.78, 5) is 12.1. The Labute approximate surface area is 142 Å². The summed E-state index contributed by atoms with van der Waals surface area (Å²) in [5.74, 6) is 0. The number of hydrogen-bond donors (Lipinski definition) is 3. The van der Waals surface area contributed by atoms with Gasteiger partial charge in [0.05, 0.1) is 19.3 Å². The summed E-state index contributed by atoms with van der Waals surface area (Å²) in [5, 5.41) is 14.6. The van der Waals surface area contributed by atoms with E-state index in [1.807, 2.05) is 62.4 Å². The zero-order chi connectivity index (χ0) is 17.4. The lowest BCUT2D eigenvalue weighted by molar-refractivity contribution is 0.0297. The molecule has 128 valence electrons. The molecule has 5 heteroatoms. The van der Waals surface area contributed by atoms with Gasteiger partial charge in [0.2, 0.25) is 0 Å². The number of urea groups is 1. The van der Waals surface area contributed by atoms with Crippen molar-refractivity contribution < 1.29 is 14.6 Å². The average Bonchev–Trinajstić information content (AvgIpc) is 2.58. The lowest BCUT2D eigenvalue weighted by atomic mass is 10.1. The largest absolute Gasteiger partial charge is 0.394 e. The smallest absolute Gasteiger partial charge is 0.319 e. The van der Waals surface area contributed by atoms with E-state index in [2.05, 4.69) is 10.6 Å². The van der Waals surface area contributed by atoms with Gasteiger partial charge in [-0.2, -0.15) is 0 Å². The molecule has 2 aromatic rings. The molecule has 0 unspecified atom stereocenters. The van der Waals surface area contributed by atoms with Crippen molar-refractivity contribution in [2.24, 2.45) is 0 Å². The van der Waals surface area contributed by atoms with Crippen molar-refractivity contribution in [1.29, 1.82) is 0 Å². The van der Waals surface area contributed by atoms with Crippen molar-refractivity contribution in [1.82, 2.24) is 5.32 Å². The van der Waals surface area contributed by atoms with Crippen molar-refractivity contribution in [2.45, 2.75) is 20.0 Å². The summed E-state index contributed by atoms with van der Waals surface area (Å²) in [6.45, 7) is 4.44. The molecule has 0 heterocycles. The Morgan fingerprint density at radius 2 is 1.83 bits per heavy atom. The van der Waals surface area contributed by atoms with E-state index in [0.29, 0.717) is 6.54 Å². The van der Waals surface area contributed by atoms with Crippen molar-refractivity contribution in [3.8, 4) is 0 Å². The minimum atomic E-state index is -0.305. The summed E-state index contributed by atoms with van der Waals surface area (Å²) >= 11 is 0. The SMILES string of the molecule is Cc1ccc([C@H](CNC(=O)Nc2ccccc2C)OCCO)cc1. The first-order valence-corrected chi connectivity index (χ1v) is 7.99. The van der Waals surface area contributed by atoms with Gasteiger partial charge < -0.3 is 20.5 Å². The predicted octanol–water partition coefficient (Wildman–Crippen LogP) is 3.18. The van der Waals surface area contributed by atoms with Gasteiger partial charge in [-0.3, -0.25) is 0 Å². The second-order valence-corrected chi connectivity index (χ2v) is 5.64. The maximum absolute atomic E-state index is 12.1. The zero-order valence-corrected chi connectivity index (χ0v) is 14.1. The van der Waals surface area contributed by atoms with Gasteiger partial charge in [0.15, 0.2) is 0 Å². The van der Waals surface area contributed by atoms with E-state index in [0.717, 1.165) is 22.4 Å². The molecule has 0 saturated heterocycles. The van der Waals surface area contributed by atoms with Gasteiger partial charge in [0.1, 0.15) is 0 Å². The molecule has 1 atom stereocenters. The zero-order valence-electron chi connectivity index (χ0n) is 14.1. The molecule has 0 aliphatic heterocycles. The first kappa shape index (κ1) is 18.0. The molecule has 0 fully saturated rings. The monoisotopic (exact) mass is 328 g/mol. The van der Waals surface area contributed by atoms with Crippen LogP contribution in [0.3, 0.4) is 0 Å². The lowest BCUT2D eigenvalue weighted by Crippen LogP contribution is -2.33. The van der Waals surface area contributed by atoms with E-state index in [1.54, 1.807) is 0 Å². The maximum atomic E-state index is 12.1. The standard InChI is InChI=1S/C19H24N2O3/c1-14-7-9-16(10-8-14)18(24-12-11-22)13-20-19(23)21-17-6-4-3-5-15(17)2/h3-10,18,22H,11-13H2,1-2H3,(H2,20,21,23)/t18-/m0/s1. The number of anilines is 1. The molecule has 2 aromatic carbocycles. The van der Waals surface area contributed by atoms with Crippen LogP contribution in [0.1, 0.15) is 22.8 Å². The number of rotatable bonds is 7. The summed E-state index contributed by atoms with van der Waals surface area (Å²) < 4.78 is 5.65. The number of ether oxygens (including phenoxy) is 1. The van der Waals surface area contributed by atoms with Crippen LogP contribution in [0.5, 0.6) is 0 Å². The highest BCUT2D eigenvalue weighted by molar-refractivity contribution is 5.90. The Kier molecular flexibility index (Phi) is 6.78. The second-order valence-electron chi connectivity index (χ2n) is 5.64. The van der Waals surface area contributed by atoms with Crippen LogP contribution in [-0.2, 0) is 4.74 Å². The van der Waals surface area contributed by atoms with E-state index in [-0.39, 0.29) is 25.3 Å². The van der Waals surface area contributed by atoms with Gasteiger partial charge in [-0.15, -0.1) is 0 Å². The highest BCUT2D eigenvalue weighted by Crippen LogP contribution is 2.18. The second kappa shape index (κ2) is 9.05. The number of aryl methyl sites for hydroxylation is 2. The number of aliphatic hydroxyl groups is 1. The van der Waals surface area contributed by atoms with E-state index in [9.17, 15) is 4.79 Å². The fourth-order valence-electron chi connectivity index (χ4n) is 2.31. The average molecular weight is 328 g/mol. The number of nitrogens with one attached hydrogen (secondary N) is 2. The topological polar surface area (TPSA) is 70.6 Å². The van der Waals surface area contributed by atoms with Gasteiger partial charge in [0.25, 0.3) is 0 Å². The van der Waals surface area contributed by atoms with Crippen LogP contribution in [0, 0.1) is 13.8 Å². The molecule has 0 aromatic heterocycles. The van der Waals surface area contributed by atoms with Gasteiger partial charge in [-0.1, -0.05) is 48.0 Å². The number of para-hydroxylation sites is 1. The van der Waals surface area contributed by atoms with Crippen LogP contribution < -0.4 is 10.6 Å². The van der Waals surface area contributed by atoms with Crippen molar-refractivity contribution >= 4 is 11.7 Å². The predicted molar refractivity (Wildman–Crippen MR) is 95.2 cm³/mol.